The molecule has 0 unspecified atom stereocenters. The fourth-order valence-electron chi connectivity index (χ4n) is 18.4. The molecule has 15 atom stereocenters. The van der Waals surface area contributed by atoms with Gasteiger partial charge in [0, 0.05) is 107 Å². The number of unbranched alkanes of at least 4 members (excludes halogenated alkanes) is 2. The predicted octanol–water partition coefficient (Wildman–Crippen LogP) is -0.247. The van der Waals surface area contributed by atoms with Crippen LogP contribution in [0.3, 0.4) is 0 Å². The van der Waals surface area contributed by atoms with Crippen molar-refractivity contribution in [3.8, 4) is 5.75 Å². The summed E-state index contributed by atoms with van der Waals surface area (Å²) in [5, 5.41) is 55.5. The number of carboxylic acid groups (broad SMARTS) is 1. The maximum Gasteiger partial charge on any atom is 0.323 e. The van der Waals surface area contributed by atoms with Gasteiger partial charge in [-0.3, -0.25) is 81.6 Å². The number of aliphatic hydroxyl groups is 1. The molecule has 5 aliphatic rings. The van der Waals surface area contributed by atoms with E-state index in [1.807, 2.05) is 27.7 Å². The second kappa shape index (κ2) is 45.4. The summed E-state index contributed by atoms with van der Waals surface area (Å²) in [5.41, 5.74) is 25.3. The van der Waals surface area contributed by atoms with Crippen LogP contribution in [0.5, 0.6) is 5.75 Å². The van der Waals surface area contributed by atoms with Crippen LogP contribution in [0.15, 0.2) is 85.2 Å². The van der Waals surface area contributed by atoms with Crippen LogP contribution < -0.4 is 65.5 Å². The highest BCUT2D eigenvalue weighted by atomic mass is 16.4. The number of benzene rings is 3. The lowest BCUT2D eigenvalue weighted by Gasteiger charge is -2.38. The van der Waals surface area contributed by atoms with Gasteiger partial charge in [0.15, 0.2) is 0 Å². The van der Waals surface area contributed by atoms with Gasteiger partial charge in [-0.05, 0) is 136 Å². The van der Waals surface area contributed by atoms with Crippen molar-refractivity contribution in [3.63, 3.8) is 0 Å². The summed E-state index contributed by atoms with van der Waals surface area (Å²) >= 11 is 0. The number of hydrogen-bond acceptors (Lipinski definition) is 21. The number of aromatic nitrogens is 2. The van der Waals surface area contributed by atoms with Gasteiger partial charge < -0.3 is 115 Å². The van der Waals surface area contributed by atoms with Crippen molar-refractivity contribution in [3.05, 3.63) is 102 Å². The van der Waals surface area contributed by atoms with Gasteiger partial charge in [0.25, 0.3) is 5.91 Å². The van der Waals surface area contributed by atoms with Gasteiger partial charge in [0.05, 0.1) is 18.6 Å². The van der Waals surface area contributed by atoms with Crippen molar-refractivity contribution in [2.75, 3.05) is 53.4 Å². The Labute approximate surface area is 755 Å². The SMILES string of the molecule is CCCC[C@H]1C(=O)N(C)[C@@H](CCCC)C(=O)N[C@@H](CC(C)C)C(=O)NCCC[C@@H](N)C(=O)N[C@@H](Cc2ccc(O)cc2)C(=O)N2CCCC[C@H]2C(=O)N[C@@H](CC(N)=O)C(=O)N2CCC[C@H]2C(=O)N[C@@H](CN)C(=O)N[C@@H](CC(C)C)C(=O)N2C[C@H](O)C[C@@]23C(=O)N3[C@@H](Cc2c[nH]c3ccccc23)C(=O)N[C@@H](CCN)C(=O)N[C@@H](Cc2cn(CC(=O)O)c3ccccc23)C(=O)N1C. The maximum absolute atomic E-state index is 16.0. The molecule has 708 valence electrons. The van der Waals surface area contributed by atoms with Crippen LogP contribution in [0.4, 0.5) is 0 Å². The zero-order chi connectivity index (χ0) is 94.7. The highest BCUT2D eigenvalue weighted by Gasteiger charge is 2.74. The van der Waals surface area contributed by atoms with Gasteiger partial charge in [-0.1, -0.05) is 116 Å². The molecule has 0 saturated carbocycles. The number of aromatic hydroxyl groups is 1. The van der Waals surface area contributed by atoms with E-state index in [1.54, 1.807) is 68.6 Å². The van der Waals surface area contributed by atoms with Crippen molar-refractivity contribution in [2.24, 2.45) is 34.8 Å². The number of piperidine rings is 1. The van der Waals surface area contributed by atoms with Crippen LogP contribution in [0, 0.1) is 11.8 Å². The van der Waals surface area contributed by atoms with E-state index in [9.17, 15) is 53.7 Å². The van der Waals surface area contributed by atoms with Crippen LogP contribution >= 0.6 is 0 Å². The molecule has 20 N–H and O–H groups in total. The molecule has 10 rings (SSSR count). The molecule has 2 aromatic heterocycles. The van der Waals surface area contributed by atoms with Crippen molar-refractivity contribution in [1.82, 2.24) is 81.5 Å². The van der Waals surface area contributed by atoms with E-state index in [-0.39, 0.29) is 127 Å². The molecule has 130 heavy (non-hydrogen) atoms. The number of phenols is 1. The van der Waals surface area contributed by atoms with E-state index in [1.165, 1.54) is 63.8 Å². The topological polar surface area (TPSA) is 574 Å². The minimum Gasteiger partial charge on any atom is -0.508 e. The number of nitrogens with two attached hydrogens (primary N) is 4. The molecular formula is C91H130N20O19. The van der Waals surface area contributed by atoms with E-state index < -0.39 is 217 Å². The molecule has 39 nitrogen and oxygen atoms in total. The number of para-hydroxylation sites is 2. The molecule has 39 heteroatoms. The quantitative estimate of drug-likeness (QED) is 0.0375. The number of hydrogen-bond donors (Lipinski definition) is 16. The number of carbonyl (C=O) groups is 16. The second-order valence-electron chi connectivity index (χ2n) is 35.8. The Morgan fingerprint density at radius 2 is 1.09 bits per heavy atom. The number of primary amides is 1. The first kappa shape index (κ1) is 100. The fourth-order valence-corrected chi connectivity index (χ4v) is 18.4. The van der Waals surface area contributed by atoms with Crippen molar-refractivity contribution in [2.45, 2.75) is 273 Å². The van der Waals surface area contributed by atoms with E-state index in [2.05, 4.69) is 47.5 Å². The number of H-pyrrole nitrogens is 1. The van der Waals surface area contributed by atoms with E-state index >= 15 is 38.4 Å². The number of rotatable bonds is 23. The van der Waals surface area contributed by atoms with Crippen LogP contribution in [0.25, 0.3) is 21.8 Å². The normalized spacial score (nSPS) is 26.8. The first-order valence-corrected chi connectivity index (χ1v) is 45.4. The summed E-state index contributed by atoms with van der Waals surface area (Å²) in [6.45, 7) is 8.98. The summed E-state index contributed by atoms with van der Waals surface area (Å²) in [5.74, 6) is -14.4. The number of likely N-dealkylation sites (N-methyl/N-ethyl adjacent to an activating group) is 2. The van der Waals surface area contributed by atoms with Gasteiger partial charge in [-0.15, -0.1) is 0 Å². The number of aliphatic hydroxyl groups excluding tert-OH is 1. The van der Waals surface area contributed by atoms with Crippen LogP contribution in [-0.4, -0.2) is 293 Å². The molecular weight excluding hydrogens is 1680 g/mol. The summed E-state index contributed by atoms with van der Waals surface area (Å²) in [6.07, 6.45) is 2.70. The fraction of sp³-hybridized carbons (Fsp3) is 0.582. The number of aromatic amines is 1. The predicted molar refractivity (Wildman–Crippen MR) is 478 cm³/mol. The Balaban J connectivity index is 1.02. The summed E-state index contributed by atoms with van der Waals surface area (Å²) < 4.78 is 1.47. The first-order valence-electron chi connectivity index (χ1n) is 45.4. The van der Waals surface area contributed by atoms with Gasteiger partial charge >= 0.3 is 5.97 Å². The molecule has 0 bridgehead atoms. The number of aliphatic carboxylic acids is 1. The van der Waals surface area contributed by atoms with Gasteiger partial charge in [-0.25, -0.2) is 0 Å². The Kier molecular flexibility index (Phi) is 35.0. The zero-order valence-electron chi connectivity index (χ0n) is 75.4. The van der Waals surface area contributed by atoms with E-state index in [0.717, 1.165) is 14.7 Å². The van der Waals surface area contributed by atoms with Crippen molar-refractivity contribution < 1.29 is 92.0 Å². The van der Waals surface area contributed by atoms with E-state index in [4.69, 9.17) is 22.9 Å². The number of amides is 15. The largest absolute Gasteiger partial charge is 0.508 e. The number of phenolic OH excluding ortho intramolecular Hbond substituents is 1. The Morgan fingerprint density at radius 3 is 1.74 bits per heavy atom. The highest BCUT2D eigenvalue weighted by Crippen LogP contribution is 2.49. The van der Waals surface area contributed by atoms with Crippen LogP contribution in [0.2, 0.25) is 0 Å². The van der Waals surface area contributed by atoms with Gasteiger partial charge in [0.2, 0.25) is 88.4 Å². The molecule has 5 fully saturated rings. The summed E-state index contributed by atoms with van der Waals surface area (Å²) in [6, 6.07) is 1.02. The van der Waals surface area contributed by atoms with Gasteiger partial charge in [-0.2, -0.15) is 0 Å². The number of fused-ring (bicyclic) bond motifs is 4. The standard InChI is InChI=1S/C91H130N20O19/c1-9-11-25-70-81(121)99-63(39-51(3)4)78(118)96-36-19-23-60(94)77(117)100-65(41-53-30-32-56(112)33-31-53)86(126)108-37-18-17-28-71(108)82(122)103-67(44-75(95)114)87(127)109-38-20-29-72(109)83(123)104-68(46-93)80(120)101-64(40-52(5)6)88(128)110-49-57(113)45-91(110)90(130)111(91)74(43-54-47-97-61-24-15-13-21-58(54)61)84(124)98-62(34-35-92)79(119)102-66(85(125)106(8)73(26-12-10-2)89(129)105(70)7)42-55-48-107(50-76(115)116)69-27-16-14-22-59(55)69/h13-16,21-22,24,27,30-33,47-48,51-52,57,60,62-68,70-74,97,112-113H,9-12,17-20,23,25-26,28-29,34-46,49-50,92-94H2,1-8H3,(H2,95,114)(H,96,118)(H,98,124)(H,99,121)(H,100,117)(H,101,120)(H,102,119)(H,103,122)(H,104,123)(H,115,116)/t57-,60-,62+,63+,64+,65+,66+,67+,68+,70+,71+,72+,73+,74+,91-,111?/m1/s1. The average Bonchev–Trinajstić information content (AvgIpc) is 1.51. The highest BCUT2D eigenvalue weighted by molar-refractivity contribution is 6.10. The molecule has 5 aromatic rings. The lowest BCUT2D eigenvalue weighted by molar-refractivity contribution is -0.149. The number of nitrogens with one attached hydrogen (secondary N) is 9. The number of carbonyl (C=O) groups excluding carboxylic acids is 15. The average molecular weight is 1810 g/mol. The monoisotopic (exact) mass is 1810 g/mol. The number of carboxylic acids is 1. The van der Waals surface area contributed by atoms with E-state index in [0.29, 0.717) is 77.0 Å². The summed E-state index contributed by atoms with van der Waals surface area (Å²) in [4.78, 5) is 248. The zero-order valence-corrected chi connectivity index (χ0v) is 75.4. The van der Waals surface area contributed by atoms with Crippen molar-refractivity contribution in [1.29, 1.82) is 0 Å². The van der Waals surface area contributed by atoms with Crippen LogP contribution in [0.1, 0.15) is 174 Å². The Morgan fingerprint density at radius 1 is 0.538 bits per heavy atom. The molecule has 0 radical (unpaired) electrons. The molecule has 3 aromatic carbocycles. The second-order valence-corrected chi connectivity index (χ2v) is 35.8. The minimum absolute atomic E-state index is 0.00791. The Bertz CT molecular complexity index is 4940. The van der Waals surface area contributed by atoms with Gasteiger partial charge in [0.1, 0.15) is 84.8 Å². The summed E-state index contributed by atoms with van der Waals surface area (Å²) in [7, 11) is 2.81. The first-order chi connectivity index (χ1) is 61.9. The lowest BCUT2D eigenvalue weighted by atomic mass is 9.97. The molecule has 0 aliphatic carbocycles. The molecule has 7 heterocycles. The Hall–Kier alpha value is -12.1. The molecule has 5 aliphatic heterocycles. The molecule has 1 spiro atoms. The molecule has 5 saturated heterocycles. The number of nitrogens with zero attached hydrogens (tertiary/aromatic N) is 7. The minimum atomic E-state index is -2.07. The lowest BCUT2D eigenvalue weighted by Crippen LogP contribution is -2.62. The third kappa shape index (κ3) is 24.3. The maximum atomic E-state index is 16.0. The third-order valence-electron chi connectivity index (χ3n) is 25.2. The third-order valence-corrected chi connectivity index (χ3v) is 25.2. The smallest absolute Gasteiger partial charge is 0.323 e. The van der Waals surface area contributed by atoms with Crippen molar-refractivity contribution >= 4 is 116 Å². The molecule has 15 amide bonds. The van der Waals surface area contributed by atoms with Crippen LogP contribution in [-0.2, 0) is 103 Å².